The molecule has 0 spiro atoms. The zero-order valence-corrected chi connectivity index (χ0v) is 11.1. The maximum absolute atomic E-state index is 11.8. The highest BCUT2D eigenvalue weighted by Gasteiger charge is 2.20. The summed E-state index contributed by atoms with van der Waals surface area (Å²) in [4.78, 5) is 11.8. The Labute approximate surface area is 103 Å². The zero-order valence-electron chi connectivity index (χ0n) is 11.1. The molecule has 17 heavy (non-hydrogen) atoms. The van der Waals surface area contributed by atoms with Crippen molar-refractivity contribution in [2.45, 2.75) is 58.9 Å². The van der Waals surface area contributed by atoms with Gasteiger partial charge < -0.3 is 16.3 Å². The van der Waals surface area contributed by atoms with E-state index in [0.717, 1.165) is 32.1 Å². The van der Waals surface area contributed by atoms with E-state index in [0.29, 0.717) is 0 Å². The molecule has 0 saturated carbocycles. The average Bonchev–Trinajstić information content (AvgIpc) is 2.34. The number of nitrogens with two attached hydrogens (primary N) is 1. The quantitative estimate of drug-likeness (QED) is 0.263. The molecule has 0 fully saturated rings. The maximum Gasteiger partial charge on any atom is 0.230 e. The van der Waals surface area contributed by atoms with E-state index >= 15 is 0 Å². The zero-order chi connectivity index (χ0) is 13.3. The molecule has 0 aromatic heterocycles. The predicted octanol–water partition coefficient (Wildman–Crippen LogP) is 1.84. The van der Waals surface area contributed by atoms with Crippen molar-refractivity contribution < 1.29 is 10.0 Å². The minimum atomic E-state index is -0.582. The molecule has 4 N–H and O–H groups in total. The Morgan fingerprint density at radius 2 is 2.00 bits per heavy atom. The van der Waals surface area contributed by atoms with Gasteiger partial charge in [0, 0.05) is 6.04 Å². The molecule has 0 saturated heterocycles. The standard InChI is InChI=1S/C12H25N3O2/c1-4-6-8-10(7-5-2)14-12(16)9(3)11(13)15-17/h9-10,17H,4-8H2,1-3H3,(H2,13,15)(H,14,16). The minimum Gasteiger partial charge on any atom is -0.409 e. The SMILES string of the molecule is CCCCC(CCC)NC(=O)C(C)C(N)=NO. The number of nitrogens with one attached hydrogen (secondary N) is 1. The molecule has 0 aromatic carbocycles. The van der Waals surface area contributed by atoms with Gasteiger partial charge >= 0.3 is 0 Å². The molecular weight excluding hydrogens is 218 g/mol. The summed E-state index contributed by atoms with van der Waals surface area (Å²) in [5, 5.41) is 14.3. The molecule has 5 heteroatoms. The molecule has 5 nitrogen and oxygen atoms in total. The second-order valence-corrected chi connectivity index (χ2v) is 4.38. The van der Waals surface area contributed by atoms with Gasteiger partial charge in [-0.2, -0.15) is 0 Å². The van der Waals surface area contributed by atoms with Crippen molar-refractivity contribution >= 4 is 11.7 Å². The number of hydrogen-bond acceptors (Lipinski definition) is 3. The van der Waals surface area contributed by atoms with Gasteiger partial charge in [0.25, 0.3) is 0 Å². The highest BCUT2D eigenvalue weighted by molar-refractivity contribution is 6.01. The Kier molecular flexibility index (Phi) is 8.19. The van der Waals surface area contributed by atoms with Gasteiger partial charge in [-0.05, 0) is 19.8 Å². The molecule has 0 bridgehead atoms. The van der Waals surface area contributed by atoms with Gasteiger partial charge in [-0.3, -0.25) is 4.79 Å². The number of unbranched alkanes of at least 4 members (excludes halogenated alkanes) is 1. The van der Waals surface area contributed by atoms with Crippen molar-refractivity contribution in [3.8, 4) is 0 Å². The van der Waals surface area contributed by atoms with Gasteiger partial charge in [0.05, 0.1) is 5.92 Å². The van der Waals surface area contributed by atoms with Crippen molar-refractivity contribution in [2.24, 2.45) is 16.8 Å². The Balaban J connectivity index is 4.28. The van der Waals surface area contributed by atoms with Gasteiger partial charge in [0.2, 0.25) is 5.91 Å². The number of hydrogen-bond donors (Lipinski definition) is 3. The van der Waals surface area contributed by atoms with Crippen LogP contribution in [0.1, 0.15) is 52.9 Å². The lowest BCUT2D eigenvalue weighted by Crippen LogP contribution is -2.42. The van der Waals surface area contributed by atoms with Gasteiger partial charge in [-0.25, -0.2) is 0 Å². The summed E-state index contributed by atoms with van der Waals surface area (Å²) in [6.07, 6.45) is 5.20. The van der Waals surface area contributed by atoms with Gasteiger partial charge in [0.1, 0.15) is 0 Å². The molecule has 0 aliphatic rings. The first-order valence-electron chi connectivity index (χ1n) is 6.34. The third-order valence-corrected chi connectivity index (χ3v) is 2.84. The molecule has 0 rings (SSSR count). The third-order valence-electron chi connectivity index (χ3n) is 2.84. The lowest BCUT2D eigenvalue weighted by Gasteiger charge is -2.20. The van der Waals surface area contributed by atoms with Crippen LogP contribution in [0.15, 0.2) is 5.16 Å². The van der Waals surface area contributed by atoms with Crippen molar-refractivity contribution in [1.82, 2.24) is 5.32 Å². The number of carbonyl (C=O) groups is 1. The molecule has 0 aliphatic carbocycles. The summed E-state index contributed by atoms with van der Waals surface area (Å²) in [6.45, 7) is 5.86. The summed E-state index contributed by atoms with van der Waals surface area (Å²) in [6, 6.07) is 0.196. The van der Waals surface area contributed by atoms with E-state index in [1.165, 1.54) is 0 Å². The van der Waals surface area contributed by atoms with E-state index in [9.17, 15) is 4.79 Å². The fourth-order valence-electron chi connectivity index (χ4n) is 1.63. The highest BCUT2D eigenvalue weighted by Crippen LogP contribution is 2.08. The molecule has 100 valence electrons. The smallest absolute Gasteiger partial charge is 0.230 e. The first kappa shape index (κ1) is 15.7. The second-order valence-electron chi connectivity index (χ2n) is 4.38. The molecule has 0 radical (unpaired) electrons. The van der Waals surface area contributed by atoms with Crippen molar-refractivity contribution in [2.75, 3.05) is 0 Å². The van der Waals surface area contributed by atoms with Crippen LogP contribution in [0.5, 0.6) is 0 Å². The van der Waals surface area contributed by atoms with Crippen LogP contribution in [-0.2, 0) is 4.79 Å². The summed E-state index contributed by atoms with van der Waals surface area (Å²) in [7, 11) is 0. The number of amides is 1. The molecule has 0 aromatic rings. The van der Waals surface area contributed by atoms with Crippen LogP contribution in [-0.4, -0.2) is 23.0 Å². The summed E-state index contributed by atoms with van der Waals surface area (Å²) in [5.74, 6) is -0.802. The number of rotatable bonds is 8. The average molecular weight is 243 g/mol. The lowest BCUT2D eigenvalue weighted by atomic mass is 10.0. The molecule has 2 unspecified atom stereocenters. The van der Waals surface area contributed by atoms with E-state index < -0.39 is 5.92 Å². The predicted molar refractivity (Wildman–Crippen MR) is 68.9 cm³/mol. The Hall–Kier alpha value is -1.26. The van der Waals surface area contributed by atoms with E-state index in [1.807, 2.05) is 0 Å². The minimum absolute atomic E-state index is 0.0479. The fraction of sp³-hybridized carbons (Fsp3) is 0.833. The van der Waals surface area contributed by atoms with Gasteiger partial charge in [0.15, 0.2) is 5.84 Å². The van der Waals surface area contributed by atoms with Crippen molar-refractivity contribution in [3.63, 3.8) is 0 Å². The summed E-state index contributed by atoms with van der Waals surface area (Å²) < 4.78 is 0. The number of nitrogens with zero attached hydrogens (tertiary/aromatic N) is 1. The molecule has 1 amide bonds. The second kappa shape index (κ2) is 8.84. The summed E-state index contributed by atoms with van der Waals surface area (Å²) >= 11 is 0. The maximum atomic E-state index is 11.8. The van der Waals surface area contributed by atoms with Gasteiger partial charge in [-0.1, -0.05) is 38.3 Å². The van der Waals surface area contributed by atoms with Crippen LogP contribution in [0.3, 0.4) is 0 Å². The van der Waals surface area contributed by atoms with E-state index in [1.54, 1.807) is 6.92 Å². The Bertz CT molecular complexity index is 254. The van der Waals surface area contributed by atoms with E-state index in [2.05, 4.69) is 24.3 Å². The van der Waals surface area contributed by atoms with Crippen LogP contribution >= 0.6 is 0 Å². The normalized spacial score (nSPS) is 15.4. The Morgan fingerprint density at radius 1 is 1.35 bits per heavy atom. The largest absolute Gasteiger partial charge is 0.409 e. The van der Waals surface area contributed by atoms with Crippen molar-refractivity contribution in [3.05, 3.63) is 0 Å². The van der Waals surface area contributed by atoms with Crippen LogP contribution in [0.4, 0.5) is 0 Å². The van der Waals surface area contributed by atoms with Crippen LogP contribution in [0.25, 0.3) is 0 Å². The first-order chi connectivity index (χ1) is 8.06. The Morgan fingerprint density at radius 3 is 2.47 bits per heavy atom. The van der Waals surface area contributed by atoms with Crippen LogP contribution < -0.4 is 11.1 Å². The lowest BCUT2D eigenvalue weighted by molar-refractivity contribution is -0.123. The van der Waals surface area contributed by atoms with Crippen LogP contribution in [0.2, 0.25) is 0 Å². The number of carbonyl (C=O) groups excluding carboxylic acids is 1. The molecule has 0 aliphatic heterocycles. The van der Waals surface area contributed by atoms with Crippen molar-refractivity contribution in [1.29, 1.82) is 0 Å². The van der Waals surface area contributed by atoms with Gasteiger partial charge in [-0.15, -0.1) is 0 Å². The number of amidine groups is 1. The first-order valence-corrected chi connectivity index (χ1v) is 6.34. The molecular formula is C12H25N3O2. The molecule has 0 heterocycles. The highest BCUT2D eigenvalue weighted by atomic mass is 16.4. The third kappa shape index (κ3) is 6.14. The fourth-order valence-corrected chi connectivity index (χ4v) is 1.63. The molecule has 2 atom stereocenters. The monoisotopic (exact) mass is 243 g/mol. The number of oxime groups is 1. The summed E-state index contributed by atoms with van der Waals surface area (Å²) in [5.41, 5.74) is 5.41. The van der Waals surface area contributed by atoms with E-state index in [4.69, 9.17) is 10.9 Å². The van der Waals surface area contributed by atoms with E-state index in [-0.39, 0.29) is 17.8 Å². The van der Waals surface area contributed by atoms with Crippen LogP contribution in [0, 0.1) is 5.92 Å². The topological polar surface area (TPSA) is 87.7 Å².